The molecule has 0 saturated carbocycles. The third-order valence-electron chi connectivity index (χ3n) is 2.54. The fourth-order valence-corrected chi connectivity index (χ4v) is 1.98. The van der Waals surface area contributed by atoms with Crippen molar-refractivity contribution in [1.29, 1.82) is 0 Å². The van der Waals surface area contributed by atoms with Crippen LogP contribution in [0.1, 0.15) is 0 Å². The Bertz CT molecular complexity index is 742. The maximum Gasteiger partial charge on any atom is 0.238 e. The van der Waals surface area contributed by atoms with Gasteiger partial charge in [0, 0.05) is 11.6 Å². The highest BCUT2D eigenvalue weighted by atomic mass is 79.9. The van der Waals surface area contributed by atoms with Crippen molar-refractivity contribution in [3.05, 3.63) is 47.2 Å². The first-order valence-corrected chi connectivity index (χ1v) is 6.33. The second kappa shape index (κ2) is 4.81. The Balaban J connectivity index is 2.08. The van der Waals surface area contributed by atoms with Gasteiger partial charge in [0.2, 0.25) is 11.8 Å². The molecule has 2 heterocycles. The molecule has 0 unspecified atom stereocenters. The van der Waals surface area contributed by atoms with E-state index in [1.54, 1.807) is 12.4 Å². The maximum atomic E-state index is 5.79. The normalized spacial score (nSPS) is 10.6. The van der Waals surface area contributed by atoms with Crippen molar-refractivity contribution in [3.63, 3.8) is 0 Å². The highest BCUT2D eigenvalue weighted by molar-refractivity contribution is 9.10. The van der Waals surface area contributed by atoms with Crippen molar-refractivity contribution in [2.45, 2.75) is 0 Å². The van der Waals surface area contributed by atoms with E-state index in [0.29, 0.717) is 16.1 Å². The molecule has 19 heavy (non-hydrogen) atoms. The number of nitrogen functional groups attached to an aromatic ring is 1. The van der Waals surface area contributed by atoms with Crippen molar-refractivity contribution in [2.24, 2.45) is 0 Å². The fraction of sp³-hybridized carbons (Fsp3) is 0. The van der Waals surface area contributed by atoms with Crippen LogP contribution in [0.15, 0.2) is 47.2 Å². The molecule has 2 N–H and O–H groups in total. The van der Waals surface area contributed by atoms with E-state index >= 15 is 0 Å². The van der Waals surface area contributed by atoms with E-state index < -0.39 is 0 Å². The number of pyridine rings is 1. The second-order valence-electron chi connectivity index (χ2n) is 3.81. The molecule has 0 bridgehead atoms. The summed E-state index contributed by atoms with van der Waals surface area (Å²) in [6.07, 6.45) is 3.30. The minimum absolute atomic E-state index is 0.163. The predicted molar refractivity (Wildman–Crippen MR) is 76.0 cm³/mol. The third kappa shape index (κ3) is 2.34. The summed E-state index contributed by atoms with van der Waals surface area (Å²) in [5, 5.41) is 0.911. The van der Waals surface area contributed by atoms with Crippen LogP contribution in [0.25, 0.3) is 10.9 Å². The number of rotatable bonds is 2. The average Bonchev–Trinajstić information content (AvgIpc) is 2.43. The Kier molecular flexibility index (Phi) is 3.00. The SMILES string of the molecule is Nc1ncc(Br)c(Oc2cccc3ncccc23)n1. The zero-order valence-corrected chi connectivity index (χ0v) is 11.3. The topological polar surface area (TPSA) is 73.9 Å². The number of benzene rings is 1. The molecular formula is C13H9BrN4O. The largest absolute Gasteiger partial charge is 0.437 e. The number of fused-ring (bicyclic) bond motifs is 1. The number of nitrogens with zero attached hydrogens (tertiary/aromatic N) is 3. The molecule has 0 radical (unpaired) electrons. The van der Waals surface area contributed by atoms with Gasteiger partial charge < -0.3 is 10.5 Å². The number of hydrogen-bond acceptors (Lipinski definition) is 5. The summed E-state index contributed by atoms with van der Waals surface area (Å²) in [5.41, 5.74) is 6.42. The Morgan fingerprint density at radius 3 is 2.89 bits per heavy atom. The minimum atomic E-state index is 0.163. The van der Waals surface area contributed by atoms with Crippen molar-refractivity contribution >= 4 is 32.8 Å². The lowest BCUT2D eigenvalue weighted by molar-refractivity contribution is 0.464. The van der Waals surface area contributed by atoms with Gasteiger partial charge in [0.05, 0.1) is 16.2 Å². The first-order valence-electron chi connectivity index (χ1n) is 5.53. The Morgan fingerprint density at radius 1 is 1.11 bits per heavy atom. The van der Waals surface area contributed by atoms with Crippen LogP contribution in [0.3, 0.4) is 0 Å². The zero-order chi connectivity index (χ0) is 13.2. The Labute approximate surface area is 117 Å². The van der Waals surface area contributed by atoms with Gasteiger partial charge in [-0.05, 0) is 40.2 Å². The van der Waals surface area contributed by atoms with Gasteiger partial charge in [0.1, 0.15) is 5.75 Å². The van der Waals surface area contributed by atoms with Crippen molar-refractivity contribution in [3.8, 4) is 11.6 Å². The van der Waals surface area contributed by atoms with Crippen LogP contribution in [0.2, 0.25) is 0 Å². The number of ether oxygens (including phenoxy) is 1. The Morgan fingerprint density at radius 2 is 2.00 bits per heavy atom. The smallest absolute Gasteiger partial charge is 0.238 e. The predicted octanol–water partition coefficient (Wildman–Crippen LogP) is 3.16. The number of halogens is 1. The second-order valence-corrected chi connectivity index (χ2v) is 4.66. The molecule has 0 amide bonds. The summed E-state index contributed by atoms with van der Waals surface area (Å²) in [6.45, 7) is 0. The maximum absolute atomic E-state index is 5.79. The quantitative estimate of drug-likeness (QED) is 0.786. The lowest BCUT2D eigenvalue weighted by atomic mass is 10.2. The van der Waals surface area contributed by atoms with Gasteiger partial charge in [-0.1, -0.05) is 6.07 Å². The molecule has 0 aliphatic heterocycles. The number of anilines is 1. The highest BCUT2D eigenvalue weighted by Gasteiger charge is 2.09. The zero-order valence-electron chi connectivity index (χ0n) is 9.75. The van der Waals surface area contributed by atoms with E-state index in [1.807, 2.05) is 30.3 Å². The number of aromatic nitrogens is 3. The van der Waals surface area contributed by atoms with Crippen LogP contribution >= 0.6 is 15.9 Å². The fourth-order valence-electron chi connectivity index (χ4n) is 1.70. The van der Waals surface area contributed by atoms with Crippen LogP contribution in [-0.4, -0.2) is 15.0 Å². The average molecular weight is 317 g/mol. The summed E-state index contributed by atoms with van der Waals surface area (Å²) in [6, 6.07) is 9.46. The van der Waals surface area contributed by atoms with Crippen LogP contribution < -0.4 is 10.5 Å². The van der Waals surface area contributed by atoms with E-state index in [2.05, 4.69) is 30.9 Å². The van der Waals surface area contributed by atoms with Crippen LogP contribution in [-0.2, 0) is 0 Å². The molecule has 0 fully saturated rings. The van der Waals surface area contributed by atoms with Gasteiger partial charge in [0.25, 0.3) is 0 Å². The van der Waals surface area contributed by atoms with Crippen molar-refractivity contribution < 1.29 is 4.74 Å². The molecule has 3 rings (SSSR count). The highest BCUT2D eigenvalue weighted by Crippen LogP contribution is 2.31. The minimum Gasteiger partial charge on any atom is -0.437 e. The summed E-state index contributed by atoms with van der Waals surface area (Å²) in [4.78, 5) is 12.2. The molecule has 0 aliphatic carbocycles. The summed E-state index contributed by atoms with van der Waals surface area (Å²) < 4.78 is 6.43. The van der Waals surface area contributed by atoms with Crippen LogP contribution in [0.4, 0.5) is 5.95 Å². The first-order chi connectivity index (χ1) is 9.24. The first kappa shape index (κ1) is 11.9. The molecule has 0 atom stereocenters. The molecular weight excluding hydrogens is 308 g/mol. The molecule has 94 valence electrons. The van der Waals surface area contributed by atoms with Gasteiger partial charge in [0.15, 0.2) is 0 Å². The molecule has 0 saturated heterocycles. The number of nitrogens with two attached hydrogens (primary N) is 1. The van der Waals surface area contributed by atoms with E-state index in [-0.39, 0.29) is 5.95 Å². The van der Waals surface area contributed by atoms with E-state index in [4.69, 9.17) is 10.5 Å². The summed E-state index contributed by atoms with van der Waals surface area (Å²) in [7, 11) is 0. The Hall–Kier alpha value is -2.21. The molecule has 0 spiro atoms. The van der Waals surface area contributed by atoms with Gasteiger partial charge in [-0.25, -0.2) is 4.98 Å². The van der Waals surface area contributed by atoms with E-state index in [0.717, 1.165) is 10.9 Å². The van der Waals surface area contributed by atoms with Crippen molar-refractivity contribution in [1.82, 2.24) is 15.0 Å². The lowest BCUT2D eigenvalue weighted by Gasteiger charge is -2.09. The molecule has 0 aliphatic rings. The van der Waals surface area contributed by atoms with Gasteiger partial charge in [-0.3, -0.25) is 4.98 Å². The number of hydrogen-bond donors (Lipinski definition) is 1. The standard InChI is InChI=1S/C13H9BrN4O/c14-9-7-17-13(15)18-12(9)19-11-5-1-4-10-8(11)3-2-6-16-10/h1-7H,(H2,15,17,18). The van der Waals surface area contributed by atoms with E-state index in [9.17, 15) is 0 Å². The van der Waals surface area contributed by atoms with Gasteiger partial charge in [-0.2, -0.15) is 4.98 Å². The van der Waals surface area contributed by atoms with Gasteiger partial charge in [-0.15, -0.1) is 0 Å². The lowest BCUT2D eigenvalue weighted by Crippen LogP contribution is -1.97. The molecule has 1 aromatic carbocycles. The van der Waals surface area contributed by atoms with Crippen molar-refractivity contribution in [2.75, 3.05) is 5.73 Å². The van der Waals surface area contributed by atoms with Crippen LogP contribution in [0, 0.1) is 0 Å². The molecule has 3 aromatic rings. The third-order valence-corrected chi connectivity index (χ3v) is 3.09. The molecule has 5 nitrogen and oxygen atoms in total. The van der Waals surface area contributed by atoms with Gasteiger partial charge >= 0.3 is 0 Å². The van der Waals surface area contributed by atoms with E-state index in [1.165, 1.54) is 0 Å². The summed E-state index contributed by atoms with van der Waals surface area (Å²) in [5.74, 6) is 1.21. The van der Waals surface area contributed by atoms with Crippen LogP contribution in [0.5, 0.6) is 11.6 Å². The summed E-state index contributed by atoms with van der Waals surface area (Å²) >= 11 is 3.33. The molecule has 2 aromatic heterocycles. The monoisotopic (exact) mass is 316 g/mol. The molecule has 6 heteroatoms.